The first-order valence-electron chi connectivity index (χ1n) is 9.27. The molecule has 2 aromatic rings. The van der Waals surface area contributed by atoms with Crippen molar-refractivity contribution in [3.63, 3.8) is 0 Å². The van der Waals surface area contributed by atoms with E-state index in [1.54, 1.807) is 0 Å². The Balaban J connectivity index is 1.54. The van der Waals surface area contributed by atoms with Crippen LogP contribution in [0.2, 0.25) is 0 Å². The lowest BCUT2D eigenvalue weighted by atomic mass is 9.78. The molecule has 0 saturated heterocycles. The lowest BCUT2D eigenvalue weighted by Crippen LogP contribution is -2.44. The van der Waals surface area contributed by atoms with Crippen molar-refractivity contribution in [3.8, 4) is 11.5 Å². The Morgan fingerprint density at radius 2 is 2.04 bits per heavy atom. The number of thioether (sulfide) groups is 1. The topological polar surface area (TPSA) is 68.0 Å². The van der Waals surface area contributed by atoms with Crippen molar-refractivity contribution in [2.75, 3.05) is 5.75 Å². The molecule has 0 spiro atoms. The van der Waals surface area contributed by atoms with Crippen LogP contribution < -0.4 is 5.32 Å². The van der Waals surface area contributed by atoms with Crippen molar-refractivity contribution in [2.24, 2.45) is 11.8 Å². The van der Waals surface area contributed by atoms with Gasteiger partial charge in [0.15, 0.2) is 0 Å². The number of nitrogens with zero attached hydrogens (tertiary/aromatic N) is 2. The SMILES string of the molecule is Cc1ccc(-c2nnc(SCC(=O)N[C@@H]3CCC[C@H](C)[C@@H]3C)o2)cc1C. The molecule has 1 N–H and O–H groups in total. The molecule has 0 unspecified atom stereocenters. The van der Waals surface area contributed by atoms with Gasteiger partial charge in [-0.1, -0.05) is 44.5 Å². The molecule has 0 bridgehead atoms. The minimum absolute atomic E-state index is 0.0341. The maximum Gasteiger partial charge on any atom is 0.277 e. The number of aryl methyl sites for hydroxylation is 2. The summed E-state index contributed by atoms with van der Waals surface area (Å²) < 4.78 is 5.70. The summed E-state index contributed by atoms with van der Waals surface area (Å²) in [5.41, 5.74) is 3.32. The Morgan fingerprint density at radius 3 is 2.81 bits per heavy atom. The van der Waals surface area contributed by atoms with Crippen LogP contribution in [0.1, 0.15) is 44.2 Å². The number of hydrogen-bond acceptors (Lipinski definition) is 5. The number of hydrogen-bond donors (Lipinski definition) is 1. The second-order valence-corrected chi connectivity index (χ2v) is 8.33. The predicted molar refractivity (Wildman–Crippen MR) is 104 cm³/mol. The molecule has 1 heterocycles. The van der Waals surface area contributed by atoms with Gasteiger partial charge >= 0.3 is 0 Å². The van der Waals surface area contributed by atoms with E-state index >= 15 is 0 Å². The van der Waals surface area contributed by atoms with E-state index in [2.05, 4.69) is 43.2 Å². The molecule has 26 heavy (non-hydrogen) atoms. The molecule has 1 aliphatic carbocycles. The third-order valence-corrected chi connectivity index (χ3v) is 6.36. The molecule has 3 atom stereocenters. The first-order valence-corrected chi connectivity index (χ1v) is 10.3. The summed E-state index contributed by atoms with van der Waals surface area (Å²) in [6, 6.07) is 6.33. The van der Waals surface area contributed by atoms with Crippen LogP contribution in [0.3, 0.4) is 0 Å². The third-order valence-electron chi connectivity index (χ3n) is 5.54. The van der Waals surface area contributed by atoms with E-state index in [9.17, 15) is 4.79 Å². The summed E-state index contributed by atoms with van der Waals surface area (Å²) in [5.74, 6) is 2.01. The molecule has 1 aromatic heterocycles. The van der Waals surface area contributed by atoms with Crippen LogP contribution in [0.15, 0.2) is 27.8 Å². The molecule has 1 aromatic carbocycles. The maximum atomic E-state index is 12.3. The fourth-order valence-electron chi connectivity index (χ4n) is 3.42. The fraction of sp³-hybridized carbons (Fsp3) is 0.550. The van der Waals surface area contributed by atoms with E-state index in [1.165, 1.54) is 35.7 Å². The van der Waals surface area contributed by atoms with E-state index < -0.39 is 0 Å². The van der Waals surface area contributed by atoms with Crippen molar-refractivity contribution >= 4 is 17.7 Å². The molecule has 3 rings (SSSR count). The van der Waals surface area contributed by atoms with Crippen molar-refractivity contribution in [2.45, 2.75) is 58.2 Å². The Bertz CT molecular complexity index is 774. The number of nitrogens with one attached hydrogen (secondary N) is 1. The molecule has 140 valence electrons. The van der Waals surface area contributed by atoms with Gasteiger partial charge in [-0.2, -0.15) is 0 Å². The third kappa shape index (κ3) is 4.47. The largest absolute Gasteiger partial charge is 0.411 e. The molecule has 0 radical (unpaired) electrons. The van der Waals surface area contributed by atoms with Crippen molar-refractivity contribution in [1.82, 2.24) is 15.5 Å². The highest BCUT2D eigenvalue weighted by Crippen LogP contribution is 2.30. The van der Waals surface area contributed by atoms with Gasteiger partial charge < -0.3 is 9.73 Å². The average Bonchev–Trinajstić information content (AvgIpc) is 3.09. The number of amides is 1. The smallest absolute Gasteiger partial charge is 0.277 e. The van der Waals surface area contributed by atoms with Crippen LogP contribution in [0.4, 0.5) is 0 Å². The van der Waals surface area contributed by atoms with Crippen LogP contribution in [0.25, 0.3) is 11.5 Å². The van der Waals surface area contributed by atoms with Crippen LogP contribution in [-0.2, 0) is 4.79 Å². The quantitative estimate of drug-likeness (QED) is 0.788. The molecule has 5 nitrogen and oxygen atoms in total. The number of carbonyl (C=O) groups excluding carboxylic acids is 1. The second kappa shape index (κ2) is 8.25. The highest BCUT2D eigenvalue weighted by molar-refractivity contribution is 7.99. The van der Waals surface area contributed by atoms with Gasteiger partial charge in [0.25, 0.3) is 5.22 Å². The summed E-state index contributed by atoms with van der Waals surface area (Å²) in [6.45, 7) is 8.63. The Hall–Kier alpha value is -1.82. The molecule has 1 aliphatic rings. The Morgan fingerprint density at radius 1 is 1.23 bits per heavy atom. The van der Waals surface area contributed by atoms with E-state index in [0.29, 0.717) is 28.7 Å². The van der Waals surface area contributed by atoms with E-state index in [4.69, 9.17) is 4.42 Å². The zero-order valence-corrected chi connectivity index (χ0v) is 16.7. The first kappa shape index (κ1) is 19.0. The fourth-order valence-corrected chi connectivity index (χ4v) is 3.99. The summed E-state index contributed by atoms with van der Waals surface area (Å²) in [7, 11) is 0. The zero-order valence-electron chi connectivity index (χ0n) is 15.9. The maximum absolute atomic E-state index is 12.3. The molecule has 1 fully saturated rings. The van der Waals surface area contributed by atoms with Gasteiger partial charge in [-0.05, 0) is 55.4 Å². The van der Waals surface area contributed by atoms with E-state index in [1.807, 2.05) is 18.2 Å². The molecule has 0 aliphatic heterocycles. The van der Waals surface area contributed by atoms with Gasteiger partial charge in [0.05, 0.1) is 5.75 Å². The summed E-state index contributed by atoms with van der Waals surface area (Å²) in [6.07, 6.45) is 3.51. The minimum Gasteiger partial charge on any atom is -0.411 e. The van der Waals surface area contributed by atoms with Gasteiger partial charge in [0.2, 0.25) is 11.8 Å². The van der Waals surface area contributed by atoms with E-state index in [-0.39, 0.29) is 11.9 Å². The van der Waals surface area contributed by atoms with Crippen LogP contribution in [-0.4, -0.2) is 27.9 Å². The number of carbonyl (C=O) groups is 1. The number of rotatable bonds is 5. The minimum atomic E-state index is 0.0341. The van der Waals surface area contributed by atoms with Gasteiger partial charge in [0.1, 0.15) is 0 Å². The standard InChI is InChI=1S/C20H27N3O2S/c1-12-8-9-16(10-14(12)3)19-22-23-20(25-19)26-11-18(24)21-17-7-5-6-13(2)15(17)4/h8-10,13,15,17H,5-7,11H2,1-4H3,(H,21,24)/t13-,15-,17+/m0/s1. The monoisotopic (exact) mass is 373 g/mol. The highest BCUT2D eigenvalue weighted by atomic mass is 32.2. The van der Waals surface area contributed by atoms with Gasteiger partial charge in [-0.25, -0.2) is 0 Å². The van der Waals surface area contributed by atoms with Gasteiger partial charge in [-0.15, -0.1) is 10.2 Å². The molecule has 1 saturated carbocycles. The Labute approximate surface area is 159 Å². The van der Waals surface area contributed by atoms with Crippen molar-refractivity contribution in [1.29, 1.82) is 0 Å². The second-order valence-electron chi connectivity index (χ2n) is 7.40. The van der Waals surface area contributed by atoms with E-state index in [0.717, 1.165) is 12.0 Å². The highest BCUT2D eigenvalue weighted by Gasteiger charge is 2.28. The van der Waals surface area contributed by atoms with Gasteiger partial charge in [-0.3, -0.25) is 4.79 Å². The lowest BCUT2D eigenvalue weighted by molar-refractivity contribution is -0.120. The van der Waals surface area contributed by atoms with Crippen molar-refractivity contribution < 1.29 is 9.21 Å². The van der Waals surface area contributed by atoms with Crippen LogP contribution in [0, 0.1) is 25.7 Å². The average molecular weight is 374 g/mol. The van der Waals surface area contributed by atoms with Crippen LogP contribution in [0.5, 0.6) is 0 Å². The zero-order chi connectivity index (χ0) is 18.7. The predicted octanol–water partition coefficient (Wildman–Crippen LogP) is 4.39. The summed E-state index contributed by atoms with van der Waals surface area (Å²) in [5, 5.41) is 11.8. The normalized spacial score (nSPS) is 23.0. The number of aromatic nitrogens is 2. The molecule has 6 heteroatoms. The summed E-state index contributed by atoms with van der Waals surface area (Å²) in [4.78, 5) is 12.3. The lowest BCUT2D eigenvalue weighted by Gasteiger charge is -2.34. The van der Waals surface area contributed by atoms with Gasteiger partial charge in [0, 0.05) is 11.6 Å². The Kier molecular flexibility index (Phi) is 6.01. The molecular weight excluding hydrogens is 346 g/mol. The first-order chi connectivity index (χ1) is 12.4. The summed E-state index contributed by atoms with van der Waals surface area (Å²) >= 11 is 1.29. The molecule has 1 amide bonds. The molecular formula is C20H27N3O2S. The van der Waals surface area contributed by atoms with Crippen LogP contribution >= 0.6 is 11.8 Å². The number of benzene rings is 1. The van der Waals surface area contributed by atoms with Crippen molar-refractivity contribution in [3.05, 3.63) is 29.3 Å².